The molecule has 0 saturated carbocycles. The minimum Gasteiger partial charge on any atom is -0.369 e. The molecule has 156 valence electrons. The number of nitro groups is 1. The summed E-state index contributed by atoms with van der Waals surface area (Å²) in [7, 11) is 0. The van der Waals surface area contributed by atoms with Crippen LogP contribution in [0.4, 0.5) is 17.1 Å². The summed E-state index contributed by atoms with van der Waals surface area (Å²) in [5, 5.41) is 10.8. The van der Waals surface area contributed by atoms with Crippen LogP contribution in [0.5, 0.6) is 0 Å². The molecule has 2 saturated heterocycles. The van der Waals surface area contributed by atoms with E-state index in [1.54, 1.807) is 12.1 Å². The Bertz CT molecular complexity index is 976. The van der Waals surface area contributed by atoms with Gasteiger partial charge in [0.2, 0.25) is 5.91 Å². The minimum atomic E-state index is -0.435. The molecular weight excluding hydrogens is 384 g/mol. The molecule has 0 radical (unpaired) electrons. The second kappa shape index (κ2) is 7.87. The number of carbonyl (C=O) groups is 2. The van der Waals surface area contributed by atoms with E-state index in [0.717, 1.165) is 16.8 Å². The number of nitro benzene ring substituents is 1. The highest BCUT2D eigenvalue weighted by Gasteiger charge is 2.44. The lowest BCUT2D eigenvalue weighted by atomic mass is 10.1. The van der Waals surface area contributed by atoms with Crippen LogP contribution < -0.4 is 9.80 Å². The van der Waals surface area contributed by atoms with E-state index in [-0.39, 0.29) is 23.9 Å². The molecule has 8 nitrogen and oxygen atoms in total. The Kier molecular flexibility index (Phi) is 5.26. The third kappa shape index (κ3) is 3.54. The van der Waals surface area contributed by atoms with E-state index in [1.807, 2.05) is 32.0 Å². The summed E-state index contributed by atoms with van der Waals surface area (Å²) in [4.78, 5) is 41.9. The van der Waals surface area contributed by atoms with Gasteiger partial charge in [-0.25, -0.2) is 4.90 Å². The van der Waals surface area contributed by atoms with Crippen molar-refractivity contribution < 1.29 is 14.5 Å². The maximum absolute atomic E-state index is 13.2. The highest BCUT2D eigenvalue weighted by atomic mass is 16.6. The summed E-state index contributed by atoms with van der Waals surface area (Å²) >= 11 is 0. The van der Waals surface area contributed by atoms with Crippen LogP contribution in [0.25, 0.3) is 0 Å². The molecule has 2 aromatic carbocycles. The first-order valence-corrected chi connectivity index (χ1v) is 10.0. The number of imide groups is 1. The van der Waals surface area contributed by atoms with Crippen LogP contribution in [-0.2, 0) is 9.59 Å². The van der Waals surface area contributed by atoms with Gasteiger partial charge in [-0.2, -0.15) is 0 Å². The molecule has 0 N–H and O–H groups in total. The van der Waals surface area contributed by atoms with Crippen LogP contribution in [0.1, 0.15) is 17.5 Å². The first-order chi connectivity index (χ1) is 14.4. The van der Waals surface area contributed by atoms with E-state index in [2.05, 4.69) is 9.80 Å². The first-order valence-electron chi connectivity index (χ1n) is 10.0. The van der Waals surface area contributed by atoms with Crippen molar-refractivity contribution in [3.05, 3.63) is 63.7 Å². The number of anilines is 2. The summed E-state index contributed by atoms with van der Waals surface area (Å²) in [6.45, 7) is 6.53. The van der Waals surface area contributed by atoms with Crippen molar-refractivity contribution in [2.75, 3.05) is 36.0 Å². The summed E-state index contributed by atoms with van der Waals surface area (Å²) < 4.78 is 0. The van der Waals surface area contributed by atoms with Crippen molar-refractivity contribution >= 4 is 28.9 Å². The molecule has 2 fully saturated rings. The van der Waals surface area contributed by atoms with Gasteiger partial charge >= 0.3 is 0 Å². The number of nitrogens with zero attached hydrogens (tertiary/aromatic N) is 4. The van der Waals surface area contributed by atoms with Gasteiger partial charge in [0.15, 0.2) is 0 Å². The highest BCUT2D eigenvalue weighted by Crippen LogP contribution is 2.32. The predicted octanol–water partition coefficient (Wildman–Crippen LogP) is 2.67. The zero-order valence-corrected chi connectivity index (χ0v) is 17.1. The van der Waals surface area contributed by atoms with Gasteiger partial charge in [-0.15, -0.1) is 0 Å². The number of amides is 2. The quantitative estimate of drug-likeness (QED) is 0.439. The van der Waals surface area contributed by atoms with Crippen molar-refractivity contribution in [1.29, 1.82) is 0 Å². The molecule has 0 spiro atoms. The lowest BCUT2D eigenvalue weighted by Gasteiger charge is -2.38. The topological polar surface area (TPSA) is 87.0 Å². The number of non-ortho nitro benzene ring substituents is 1. The van der Waals surface area contributed by atoms with Gasteiger partial charge in [0.25, 0.3) is 11.6 Å². The van der Waals surface area contributed by atoms with E-state index in [1.165, 1.54) is 17.0 Å². The van der Waals surface area contributed by atoms with Gasteiger partial charge in [-0.3, -0.25) is 24.6 Å². The van der Waals surface area contributed by atoms with Crippen LogP contribution in [0.2, 0.25) is 0 Å². The standard InChI is InChI=1S/C22H24N4O4/c1-15-4-3-5-16(2)21(15)25-20(27)14-19(22(25)28)24-12-10-23(11-13-24)17-6-8-18(9-7-17)26(29)30/h3-9,19H,10-14H2,1-2H3/t19-/m1/s1. The number of benzene rings is 2. The normalized spacial score (nSPS) is 20.1. The van der Waals surface area contributed by atoms with Gasteiger partial charge in [0, 0.05) is 44.0 Å². The number of aryl methyl sites for hydroxylation is 2. The third-order valence-electron chi connectivity index (χ3n) is 5.97. The van der Waals surface area contributed by atoms with Crippen molar-refractivity contribution in [1.82, 2.24) is 4.90 Å². The van der Waals surface area contributed by atoms with Crippen molar-refractivity contribution in [2.45, 2.75) is 26.3 Å². The minimum absolute atomic E-state index is 0.0686. The number of carbonyl (C=O) groups excluding carboxylic acids is 2. The molecule has 2 amide bonds. The van der Waals surface area contributed by atoms with Gasteiger partial charge in [0.05, 0.1) is 23.1 Å². The summed E-state index contributed by atoms with van der Waals surface area (Å²) in [5.41, 5.74) is 3.53. The van der Waals surface area contributed by atoms with Crippen LogP contribution in [0, 0.1) is 24.0 Å². The van der Waals surface area contributed by atoms with Gasteiger partial charge in [0.1, 0.15) is 0 Å². The number of rotatable bonds is 4. The molecule has 8 heteroatoms. The average Bonchev–Trinajstić information content (AvgIpc) is 3.02. The van der Waals surface area contributed by atoms with Crippen molar-refractivity contribution in [3.63, 3.8) is 0 Å². The summed E-state index contributed by atoms with van der Waals surface area (Å²) in [6, 6.07) is 11.8. The lowest BCUT2D eigenvalue weighted by Crippen LogP contribution is -2.52. The van der Waals surface area contributed by atoms with E-state index < -0.39 is 11.0 Å². The molecule has 4 rings (SSSR count). The van der Waals surface area contributed by atoms with Crippen LogP contribution >= 0.6 is 0 Å². The Labute approximate surface area is 174 Å². The Hall–Kier alpha value is -3.26. The maximum atomic E-state index is 13.2. The van der Waals surface area contributed by atoms with E-state index >= 15 is 0 Å². The van der Waals surface area contributed by atoms with Gasteiger partial charge in [-0.05, 0) is 37.1 Å². The van der Waals surface area contributed by atoms with Crippen LogP contribution in [0.3, 0.4) is 0 Å². The Balaban J connectivity index is 1.44. The SMILES string of the molecule is Cc1cccc(C)c1N1C(=O)C[C@@H](N2CCN(c3ccc([N+](=O)[O-])cc3)CC2)C1=O. The zero-order valence-electron chi connectivity index (χ0n) is 17.1. The molecule has 1 atom stereocenters. The largest absolute Gasteiger partial charge is 0.369 e. The van der Waals surface area contributed by atoms with Gasteiger partial charge < -0.3 is 4.90 Å². The lowest BCUT2D eigenvalue weighted by molar-refractivity contribution is -0.384. The number of hydrogen-bond acceptors (Lipinski definition) is 6. The fourth-order valence-corrected chi connectivity index (χ4v) is 4.37. The second-order valence-corrected chi connectivity index (χ2v) is 7.82. The van der Waals surface area contributed by atoms with E-state index in [0.29, 0.717) is 31.9 Å². The summed E-state index contributed by atoms with van der Waals surface area (Å²) in [5.74, 6) is -0.304. The van der Waals surface area contributed by atoms with Gasteiger partial charge in [-0.1, -0.05) is 18.2 Å². The Morgan fingerprint density at radius 3 is 2.10 bits per heavy atom. The molecule has 0 aromatic heterocycles. The van der Waals surface area contributed by atoms with E-state index in [4.69, 9.17) is 0 Å². The van der Waals surface area contributed by atoms with Crippen molar-refractivity contribution in [2.24, 2.45) is 0 Å². The van der Waals surface area contributed by atoms with E-state index in [9.17, 15) is 19.7 Å². The predicted molar refractivity (Wildman–Crippen MR) is 114 cm³/mol. The number of para-hydroxylation sites is 1. The average molecular weight is 408 g/mol. The molecular formula is C22H24N4O4. The zero-order chi connectivity index (χ0) is 21.4. The number of hydrogen-bond donors (Lipinski definition) is 0. The molecule has 0 unspecified atom stereocenters. The molecule has 2 aromatic rings. The molecule has 2 aliphatic heterocycles. The number of piperazine rings is 1. The van der Waals surface area contributed by atoms with Crippen LogP contribution in [-0.4, -0.2) is 53.9 Å². The monoisotopic (exact) mass is 408 g/mol. The fraction of sp³-hybridized carbons (Fsp3) is 0.364. The Morgan fingerprint density at radius 2 is 1.53 bits per heavy atom. The fourth-order valence-electron chi connectivity index (χ4n) is 4.37. The van der Waals surface area contributed by atoms with Crippen molar-refractivity contribution in [3.8, 4) is 0 Å². The van der Waals surface area contributed by atoms with Crippen LogP contribution in [0.15, 0.2) is 42.5 Å². The summed E-state index contributed by atoms with van der Waals surface area (Å²) in [6.07, 6.45) is 0.199. The Morgan fingerprint density at radius 1 is 0.933 bits per heavy atom. The molecule has 0 aliphatic carbocycles. The third-order valence-corrected chi connectivity index (χ3v) is 5.97. The smallest absolute Gasteiger partial charge is 0.269 e. The molecule has 0 bridgehead atoms. The maximum Gasteiger partial charge on any atom is 0.269 e. The first kappa shape index (κ1) is 20.0. The second-order valence-electron chi connectivity index (χ2n) is 7.82. The molecule has 30 heavy (non-hydrogen) atoms. The molecule has 2 heterocycles. The molecule has 2 aliphatic rings. The highest BCUT2D eigenvalue weighted by molar-refractivity contribution is 6.23.